The minimum atomic E-state index is 0.505. The number of aryl methyl sites for hydroxylation is 1. The summed E-state index contributed by atoms with van der Waals surface area (Å²) in [5.41, 5.74) is 4.82. The first-order chi connectivity index (χ1) is 12.3. The fourth-order valence-electron chi connectivity index (χ4n) is 3.03. The number of H-pyrrole nitrogens is 1. The molecule has 0 spiro atoms. The Morgan fingerprint density at radius 1 is 0.840 bits per heavy atom. The molecule has 124 valence electrons. The van der Waals surface area contributed by atoms with Gasteiger partial charge in [0.25, 0.3) is 5.82 Å². The monoisotopic (exact) mass is 329 g/mol. The summed E-state index contributed by atoms with van der Waals surface area (Å²) in [4.78, 5) is 3.50. The summed E-state index contributed by atoms with van der Waals surface area (Å²) in [5, 5.41) is 0. The third-order valence-corrected chi connectivity index (χ3v) is 4.38. The number of ether oxygens (including phenoxy) is 1. The van der Waals surface area contributed by atoms with Gasteiger partial charge in [-0.05, 0) is 36.8 Å². The highest BCUT2D eigenvalue weighted by molar-refractivity contribution is 5.71. The zero-order chi connectivity index (χ0) is 17.1. The van der Waals surface area contributed by atoms with Crippen LogP contribution in [0.1, 0.15) is 17.0 Å². The fraction of sp³-hybridized carbons (Fsp3) is 0.136. The number of hydrogen-bond donors (Lipinski definition) is 1. The number of nitrogens with zero attached hydrogens (tertiary/aromatic N) is 1. The smallest absolute Gasteiger partial charge is 0.294 e. The van der Waals surface area contributed by atoms with E-state index < -0.39 is 0 Å². The molecule has 4 aromatic rings. The number of hydrogen-bond acceptors (Lipinski definition) is 1. The van der Waals surface area contributed by atoms with Gasteiger partial charge in [-0.15, -0.1) is 0 Å². The van der Waals surface area contributed by atoms with Crippen LogP contribution in [0.5, 0.6) is 5.75 Å². The summed E-state index contributed by atoms with van der Waals surface area (Å²) < 4.78 is 8.29. The van der Waals surface area contributed by atoms with E-state index in [1.54, 1.807) is 0 Å². The third kappa shape index (κ3) is 3.41. The van der Waals surface area contributed by atoms with E-state index in [1.807, 2.05) is 18.2 Å². The molecule has 0 aliphatic heterocycles. The lowest BCUT2D eigenvalue weighted by Gasteiger charge is -2.06. The third-order valence-electron chi connectivity index (χ3n) is 4.38. The van der Waals surface area contributed by atoms with Gasteiger partial charge in [-0.2, -0.15) is 0 Å². The predicted molar refractivity (Wildman–Crippen MR) is 99.5 cm³/mol. The molecule has 25 heavy (non-hydrogen) atoms. The molecule has 0 unspecified atom stereocenters. The molecule has 3 nitrogen and oxygen atoms in total. The molecule has 0 bridgehead atoms. The summed E-state index contributed by atoms with van der Waals surface area (Å²) in [6, 6.07) is 27.0. The Morgan fingerprint density at radius 2 is 1.56 bits per heavy atom. The van der Waals surface area contributed by atoms with Crippen molar-refractivity contribution in [3.05, 3.63) is 95.8 Å². The van der Waals surface area contributed by atoms with Crippen LogP contribution < -0.4 is 9.30 Å². The maximum Gasteiger partial charge on any atom is 0.294 e. The van der Waals surface area contributed by atoms with Crippen LogP contribution in [0.4, 0.5) is 0 Å². The molecule has 0 atom stereocenters. The van der Waals surface area contributed by atoms with E-state index in [2.05, 4.69) is 77.1 Å². The Kier molecular flexibility index (Phi) is 4.21. The normalized spacial score (nSPS) is 10.9. The Bertz CT molecular complexity index is 972. The Hall–Kier alpha value is -3.07. The molecule has 0 saturated heterocycles. The molecule has 1 N–H and O–H groups in total. The number of benzene rings is 3. The van der Waals surface area contributed by atoms with Crippen molar-refractivity contribution in [3.63, 3.8) is 0 Å². The highest BCUT2D eigenvalue weighted by Gasteiger charge is 2.19. The van der Waals surface area contributed by atoms with Crippen LogP contribution in [0, 0.1) is 6.92 Å². The van der Waals surface area contributed by atoms with Gasteiger partial charge in [-0.3, -0.25) is 0 Å². The summed E-state index contributed by atoms with van der Waals surface area (Å²) in [5.74, 6) is 1.95. The van der Waals surface area contributed by atoms with Crippen LogP contribution in [0.15, 0.2) is 78.9 Å². The topological polar surface area (TPSA) is 28.9 Å². The summed E-state index contributed by atoms with van der Waals surface area (Å²) >= 11 is 0. The van der Waals surface area contributed by atoms with Crippen LogP contribution in [0.2, 0.25) is 0 Å². The van der Waals surface area contributed by atoms with E-state index in [-0.39, 0.29) is 0 Å². The molecule has 0 aliphatic rings. The maximum atomic E-state index is 6.00. The largest absolute Gasteiger partial charge is 0.481 e. The number of para-hydroxylation sites is 2. The van der Waals surface area contributed by atoms with Crippen LogP contribution >= 0.6 is 0 Å². The summed E-state index contributed by atoms with van der Waals surface area (Å²) in [6.07, 6.45) is 0. The molecule has 0 saturated carbocycles. The lowest BCUT2D eigenvalue weighted by molar-refractivity contribution is -0.671. The first-order valence-electron chi connectivity index (χ1n) is 8.52. The zero-order valence-corrected chi connectivity index (χ0v) is 14.3. The molecule has 0 radical (unpaired) electrons. The maximum absolute atomic E-state index is 6.00. The first-order valence-corrected chi connectivity index (χ1v) is 8.52. The molecule has 3 aromatic carbocycles. The van der Waals surface area contributed by atoms with Crippen molar-refractivity contribution in [2.24, 2.45) is 0 Å². The Labute approximate surface area is 147 Å². The lowest BCUT2D eigenvalue weighted by atomic mass is 10.2. The standard InChI is InChI=1S/C22H20N2O/c1-17-11-13-19(14-12-17)25-16-22-23-20-9-5-6-10-21(20)24(22)15-18-7-3-2-4-8-18/h2-14H,15-16H2,1H3/p+1. The van der Waals surface area contributed by atoms with E-state index in [1.165, 1.54) is 16.6 Å². The molecule has 0 amide bonds. The zero-order valence-electron chi connectivity index (χ0n) is 14.3. The van der Waals surface area contributed by atoms with Crippen LogP contribution in [-0.4, -0.2) is 4.98 Å². The van der Waals surface area contributed by atoms with Gasteiger partial charge in [0.15, 0.2) is 17.6 Å². The number of rotatable bonds is 5. The van der Waals surface area contributed by atoms with Gasteiger partial charge in [0.05, 0.1) is 0 Å². The number of fused-ring (bicyclic) bond motifs is 1. The molecule has 1 aromatic heterocycles. The second-order valence-electron chi connectivity index (χ2n) is 6.26. The van der Waals surface area contributed by atoms with Crippen molar-refractivity contribution in [2.75, 3.05) is 0 Å². The first kappa shape index (κ1) is 15.5. The fourth-order valence-corrected chi connectivity index (χ4v) is 3.03. The number of imidazole rings is 1. The van der Waals surface area contributed by atoms with Crippen LogP contribution in [0.25, 0.3) is 11.0 Å². The van der Waals surface area contributed by atoms with E-state index in [4.69, 9.17) is 4.74 Å². The van der Waals surface area contributed by atoms with Gasteiger partial charge < -0.3 is 4.74 Å². The highest BCUT2D eigenvalue weighted by atomic mass is 16.5. The molecule has 0 aliphatic carbocycles. The molecule has 0 fully saturated rings. The van der Waals surface area contributed by atoms with Gasteiger partial charge in [-0.25, -0.2) is 9.55 Å². The minimum absolute atomic E-state index is 0.505. The van der Waals surface area contributed by atoms with E-state index in [9.17, 15) is 0 Å². The SMILES string of the molecule is Cc1ccc(OCc2[nH]c3ccccc3[n+]2Cc2ccccc2)cc1. The number of aromatic nitrogens is 2. The van der Waals surface area contributed by atoms with E-state index in [0.29, 0.717) is 6.61 Å². The van der Waals surface area contributed by atoms with Crippen molar-refractivity contribution >= 4 is 11.0 Å². The number of aromatic amines is 1. The average Bonchev–Trinajstić information content (AvgIpc) is 3.00. The quantitative estimate of drug-likeness (QED) is 0.541. The minimum Gasteiger partial charge on any atom is -0.481 e. The molecular weight excluding hydrogens is 308 g/mol. The van der Waals surface area contributed by atoms with Gasteiger partial charge >= 0.3 is 0 Å². The van der Waals surface area contributed by atoms with Gasteiger partial charge in [-0.1, -0.05) is 60.2 Å². The second kappa shape index (κ2) is 6.81. The summed E-state index contributed by atoms with van der Waals surface area (Å²) in [7, 11) is 0. The second-order valence-corrected chi connectivity index (χ2v) is 6.26. The summed E-state index contributed by atoms with van der Waals surface area (Å²) in [6.45, 7) is 3.40. The Morgan fingerprint density at radius 3 is 2.36 bits per heavy atom. The van der Waals surface area contributed by atoms with Gasteiger partial charge in [0, 0.05) is 0 Å². The Balaban J connectivity index is 1.65. The van der Waals surface area contributed by atoms with Gasteiger partial charge in [0.1, 0.15) is 12.3 Å². The number of nitrogens with one attached hydrogen (secondary N) is 1. The van der Waals surface area contributed by atoms with Crippen molar-refractivity contribution in [3.8, 4) is 5.75 Å². The molecule has 3 heteroatoms. The van der Waals surface area contributed by atoms with Crippen LogP contribution in [0.3, 0.4) is 0 Å². The van der Waals surface area contributed by atoms with E-state index in [0.717, 1.165) is 23.6 Å². The average molecular weight is 329 g/mol. The molecule has 1 heterocycles. The lowest BCUT2D eigenvalue weighted by Crippen LogP contribution is -2.38. The van der Waals surface area contributed by atoms with Crippen LogP contribution in [-0.2, 0) is 13.2 Å². The highest BCUT2D eigenvalue weighted by Crippen LogP contribution is 2.15. The van der Waals surface area contributed by atoms with Gasteiger partial charge in [0.2, 0.25) is 0 Å². The van der Waals surface area contributed by atoms with Crippen molar-refractivity contribution in [2.45, 2.75) is 20.1 Å². The van der Waals surface area contributed by atoms with E-state index >= 15 is 0 Å². The van der Waals surface area contributed by atoms with Crippen molar-refractivity contribution < 1.29 is 9.30 Å². The predicted octanol–water partition coefficient (Wildman–Crippen LogP) is 4.39. The van der Waals surface area contributed by atoms with Crippen molar-refractivity contribution in [1.82, 2.24) is 4.98 Å². The molecular formula is C22H21N2O+. The molecule has 4 rings (SSSR count). The van der Waals surface area contributed by atoms with Crippen molar-refractivity contribution in [1.29, 1.82) is 0 Å².